The number of imide groups is 1. The van der Waals surface area contributed by atoms with Gasteiger partial charge < -0.3 is 14.2 Å². The van der Waals surface area contributed by atoms with E-state index >= 15 is 0 Å². The number of benzene rings is 2. The average molecular weight is 589 g/mol. The van der Waals surface area contributed by atoms with Crippen molar-refractivity contribution in [2.75, 3.05) is 37.4 Å². The Morgan fingerprint density at radius 1 is 0.951 bits per heavy atom. The fraction of sp³-hybridized carbons (Fsp3) is 0.448. The minimum Gasteiger partial charge on any atom is -0.493 e. The van der Waals surface area contributed by atoms with Gasteiger partial charge in [-0.2, -0.15) is 0 Å². The maximum absolute atomic E-state index is 14.1. The molecule has 222 valence electrons. The van der Waals surface area contributed by atoms with Gasteiger partial charge in [-0.1, -0.05) is 32.9 Å². The summed E-state index contributed by atoms with van der Waals surface area (Å²) in [5.41, 5.74) is 1.06. The number of aryl methyl sites for hydroxylation is 1. The Morgan fingerprint density at radius 2 is 1.63 bits per heavy atom. The number of carbonyl (C=O) groups is 4. The molecule has 0 N–H and O–H groups in total. The molecule has 3 rings (SSSR count). The van der Waals surface area contributed by atoms with Gasteiger partial charge in [0.2, 0.25) is 5.91 Å². The number of nitrogens with zero attached hydrogens (tertiary/aromatic N) is 2. The Labute approximate surface area is 240 Å². The number of fused-ring (bicyclic) bond motifs is 1. The van der Waals surface area contributed by atoms with Gasteiger partial charge in [-0.05, 0) is 42.7 Å². The van der Waals surface area contributed by atoms with Crippen LogP contribution in [0.15, 0.2) is 30.3 Å². The van der Waals surface area contributed by atoms with E-state index < -0.39 is 52.1 Å². The van der Waals surface area contributed by atoms with Gasteiger partial charge in [-0.15, -0.1) is 0 Å². The summed E-state index contributed by atoms with van der Waals surface area (Å²) in [4.78, 5) is 55.1. The quantitative estimate of drug-likeness (QED) is 0.195. The molecular formula is C29H36N2O9S. The number of sulfone groups is 1. The number of carbonyl (C=O) groups excluding carboxylic acids is 4. The van der Waals surface area contributed by atoms with E-state index in [4.69, 9.17) is 14.2 Å². The van der Waals surface area contributed by atoms with Crippen LogP contribution in [0.3, 0.4) is 0 Å². The van der Waals surface area contributed by atoms with Gasteiger partial charge >= 0.3 is 5.97 Å². The van der Waals surface area contributed by atoms with Gasteiger partial charge in [0.1, 0.15) is 9.84 Å². The molecule has 1 aliphatic heterocycles. The summed E-state index contributed by atoms with van der Waals surface area (Å²) >= 11 is 0. The molecule has 0 spiro atoms. The lowest BCUT2D eigenvalue weighted by Crippen LogP contribution is -2.38. The number of hydrogen-bond donors (Lipinski definition) is 0. The van der Waals surface area contributed by atoms with Gasteiger partial charge in [-0.3, -0.25) is 29.0 Å². The molecule has 12 heteroatoms. The summed E-state index contributed by atoms with van der Waals surface area (Å²) in [5, 5.41) is 0. The minimum atomic E-state index is -3.70. The highest BCUT2D eigenvalue weighted by atomic mass is 32.2. The summed E-state index contributed by atoms with van der Waals surface area (Å²) in [5.74, 6) is -2.21. The van der Waals surface area contributed by atoms with Crippen molar-refractivity contribution < 1.29 is 41.8 Å². The Balaban J connectivity index is 2.22. The SMILES string of the molecule is CCOc1cc([C@@H](CS(C)(=O)=O)N2C(=O)c3c(CC)ccc(N(COC(=O)CC)C(=O)CC)c3C2=O)ccc1OC. The van der Waals surface area contributed by atoms with Crippen LogP contribution in [0, 0.1) is 0 Å². The molecule has 1 atom stereocenters. The molecule has 1 heterocycles. The number of esters is 1. The molecule has 0 aliphatic carbocycles. The van der Waals surface area contributed by atoms with Crippen molar-refractivity contribution >= 4 is 39.2 Å². The predicted octanol–water partition coefficient (Wildman–Crippen LogP) is 3.69. The molecule has 0 unspecified atom stereocenters. The Hall–Kier alpha value is -3.93. The molecule has 41 heavy (non-hydrogen) atoms. The molecule has 2 aromatic rings. The maximum Gasteiger partial charge on any atom is 0.307 e. The van der Waals surface area contributed by atoms with Gasteiger partial charge in [0, 0.05) is 19.1 Å². The van der Waals surface area contributed by atoms with E-state index in [1.54, 1.807) is 51.1 Å². The third kappa shape index (κ3) is 6.70. The Bertz CT molecular complexity index is 1450. The van der Waals surface area contributed by atoms with Crippen LogP contribution in [0.25, 0.3) is 0 Å². The number of rotatable bonds is 13. The van der Waals surface area contributed by atoms with Crippen molar-refractivity contribution in [3.8, 4) is 11.5 Å². The summed E-state index contributed by atoms with van der Waals surface area (Å²) in [6, 6.07) is 6.71. The lowest BCUT2D eigenvalue weighted by Gasteiger charge is -2.27. The predicted molar refractivity (Wildman–Crippen MR) is 152 cm³/mol. The number of amides is 3. The Kier molecular flexibility index (Phi) is 10.1. The highest BCUT2D eigenvalue weighted by Crippen LogP contribution is 2.41. The number of methoxy groups -OCH3 is 1. The fourth-order valence-corrected chi connectivity index (χ4v) is 5.63. The zero-order valence-corrected chi connectivity index (χ0v) is 25.0. The summed E-state index contributed by atoms with van der Waals surface area (Å²) in [7, 11) is -2.24. The van der Waals surface area contributed by atoms with Crippen molar-refractivity contribution in [3.63, 3.8) is 0 Å². The first-order chi connectivity index (χ1) is 19.4. The van der Waals surface area contributed by atoms with E-state index in [1.807, 2.05) is 6.92 Å². The zero-order valence-electron chi connectivity index (χ0n) is 24.2. The number of ether oxygens (including phenoxy) is 3. The van der Waals surface area contributed by atoms with E-state index in [-0.39, 0.29) is 29.7 Å². The average Bonchev–Trinajstić information content (AvgIpc) is 3.21. The molecule has 0 radical (unpaired) electrons. The molecule has 11 nitrogen and oxygen atoms in total. The maximum atomic E-state index is 14.1. The van der Waals surface area contributed by atoms with E-state index in [1.165, 1.54) is 7.11 Å². The first-order valence-corrected chi connectivity index (χ1v) is 15.5. The van der Waals surface area contributed by atoms with Gasteiger partial charge in [0.05, 0.1) is 42.3 Å². The lowest BCUT2D eigenvalue weighted by molar-refractivity contribution is -0.143. The van der Waals surface area contributed by atoms with Crippen LogP contribution in [-0.4, -0.2) is 69.5 Å². The monoisotopic (exact) mass is 588 g/mol. The van der Waals surface area contributed by atoms with E-state index in [0.29, 0.717) is 35.7 Å². The van der Waals surface area contributed by atoms with Gasteiger partial charge in [0.25, 0.3) is 11.8 Å². The van der Waals surface area contributed by atoms with Crippen molar-refractivity contribution in [1.29, 1.82) is 0 Å². The van der Waals surface area contributed by atoms with Gasteiger partial charge in [0.15, 0.2) is 18.2 Å². The molecule has 0 saturated heterocycles. The summed E-state index contributed by atoms with van der Waals surface area (Å²) in [6.45, 7) is 6.69. The van der Waals surface area contributed by atoms with Crippen LogP contribution < -0.4 is 14.4 Å². The first-order valence-electron chi connectivity index (χ1n) is 13.4. The first kappa shape index (κ1) is 31.6. The zero-order chi connectivity index (χ0) is 30.5. The van der Waals surface area contributed by atoms with E-state index in [2.05, 4.69) is 0 Å². The molecule has 0 aromatic heterocycles. The number of hydrogen-bond acceptors (Lipinski definition) is 9. The summed E-state index contributed by atoms with van der Waals surface area (Å²) in [6.07, 6.45) is 1.56. The second-order valence-electron chi connectivity index (χ2n) is 9.45. The second-order valence-corrected chi connectivity index (χ2v) is 11.6. The molecule has 0 bridgehead atoms. The van der Waals surface area contributed by atoms with E-state index in [0.717, 1.165) is 16.1 Å². The smallest absolute Gasteiger partial charge is 0.307 e. The molecule has 2 aromatic carbocycles. The third-order valence-electron chi connectivity index (χ3n) is 6.70. The second kappa shape index (κ2) is 13.2. The largest absolute Gasteiger partial charge is 0.493 e. The van der Waals surface area contributed by atoms with E-state index in [9.17, 15) is 27.6 Å². The summed E-state index contributed by atoms with van der Waals surface area (Å²) < 4.78 is 41.4. The topological polar surface area (TPSA) is 137 Å². The van der Waals surface area contributed by atoms with Crippen molar-refractivity contribution in [3.05, 3.63) is 52.6 Å². The molecular weight excluding hydrogens is 552 g/mol. The van der Waals surface area contributed by atoms with Gasteiger partial charge in [-0.25, -0.2) is 8.42 Å². The van der Waals surface area contributed by atoms with Crippen LogP contribution in [0.4, 0.5) is 5.69 Å². The fourth-order valence-electron chi connectivity index (χ4n) is 4.71. The highest BCUT2D eigenvalue weighted by Gasteiger charge is 2.45. The Morgan fingerprint density at radius 3 is 2.20 bits per heavy atom. The van der Waals surface area contributed by atoms with Crippen molar-refractivity contribution in [2.45, 2.75) is 53.0 Å². The van der Waals surface area contributed by atoms with Crippen LogP contribution in [0.1, 0.15) is 78.4 Å². The normalized spacial score (nSPS) is 13.6. The molecule has 1 aliphatic rings. The molecule has 3 amide bonds. The number of anilines is 1. The van der Waals surface area contributed by atoms with Crippen molar-refractivity contribution in [1.82, 2.24) is 4.90 Å². The van der Waals surface area contributed by atoms with Crippen LogP contribution in [-0.2, 0) is 30.6 Å². The van der Waals surface area contributed by atoms with Crippen LogP contribution in [0.2, 0.25) is 0 Å². The van der Waals surface area contributed by atoms with Crippen molar-refractivity contribution in [2.24, 2.45) is 0 Å². The van der Waals surface area contributed by atoms with Crippen LogP contribution in [0.5, 0.6) is 11.5 Å². The molecule has 0 fully saturated rings. The molecule has 0 saturated carbocycles. The third-order valence-corrected chi connectivity index (χ3v) is 7.62. The minimum absolute atomic E-state index is 0.0410. The standard InChI is InChI=1S/C29H36N2O9S/c1-7-18-11-13-20(30(24(32)8-2)17-40-25(33)9-3)27-26(18)28(34)31(29(27)35)21(16-41(6,36)37)19-12-14-22(38-5)23(15-19)39-10-4/h11-15,21H,7-10,16-17H2,1-6H3/t21-/m1/s1. The lowest BCUT2D eigenvalue weighted by atomic mass is 9.98. The highest BCUT2D eigenvalue weighted by molar-refractivity contribution is 7.90. The van der Waals surface area contributed by atoms with Crippen LogP contribution >= 0.6 is 0 Å².